The van der Waals surface area contributed by atoms with Gasteiger partial charge in [-0.3, -0.25) is 9.59 Å². The number of hydrogen-bond donors (Lipinski definition) is 2. The zero-order valence-electron chi connectivity index (χ0n) is 13.0. The smallest absolute Gasteiger partial charge is 0.275 e. The van der Waals surface area contributed by atoms with Crippen LogP contribution in [0.4, 0.5) is 5.82 Å². The fraction of sp³-hybridized carbons (Fsp3) is 0.333. The van der Waals surface area contributed by atoms with Crippen molar-refractivity contribution in [3.63, 3.8) is 0 Å². The maximum absolute atomic E-state index is 12.1. The number of aromatic nitrogens is 2. The minimum atomic E-state index is -0.465. The fourth-order valence-electron chi connectivity index (χ4n) is 1.80. The van der Waals surface area contributed by atoms with E-state index in [0.717, 1.165) is 0 Å². The number of ether oxygens (including phenoxy) is 1. The summed E-state index contributed by atoms with van der Waals surface area (Å²) in [7, 11) is 1.60. The summed E-state index contributed by atoms with van der Waals surface area (Å²) in [4.78, 5) is 28.1. The predicted octanol–water partition coefficient (Wildman–Crippen LogP) is 1.40. The van der Waals surface area contributed by atoms with E-state index in [9.17, 15) is 9.59 Å². The molecule has 0 aromatic carbocycles. The third kappa shape index (κ3) is 4.89. The van der Waals surface area contributed by atoms with Crippen LogP contribution < -0.4 is 10.6 Å². The number of amides is 2. The highest BCUT2D eigenvalue weighted by Crippen LogP contribution is 2.09. The molecule has 0 atom stereocenters. The van der Waals surface area contributed by atoms with E-state index in [0.29, 0.717) is 31.2 Å². The highest BCUT2D eigenvalue weighted by atomic mass is 16.5. The lowest BCUT2D eigenvalue weighted by molar-refractivity contribution is 0.0943. The molecule has 2 heterocycles. The van der Waals surface area contributed by atoms with Crippen LogP contribution in [0.2, 0.25) is 0 Å². The number of rotatable bonds is 7. The third-order valence-electron chi connectivity index (χ3n) is 2.89. The first-order chi connectivity index (χ1) is 11.1. The zero-order chi connectivity index (χ0) is 16.7. The lowest BCUT2D eigenvalue weighted by Gasteiger charge is -2.06. The molecule has 0 aliphatic rings. The fourth-order valence-corrected chi connectivity index (χ4v) is 1.80. The van der Waals surface area contributed by atoms with Crippen molar-refractivity contribution in [2.24, 2.45) is 0 Å². The van der Waals surface area contributed by atoms with Crippen LogP contribution in [0, 0.1) is 6.92 Å². The number of carbonyl (C=O) groups excluding carboxylic acids is 2. The van der Waals surface area contributed by atoms with Gasteiger partial charge in [0.1, 0.15) is 17.1 Å². The molecule has 2 aromatic heterocycles. The molecule has 23 heavy (non-hydrogen) atoms. The Bertz CT molecular complexity index is 684. The van der Waals surface area contributed by atoms with Gasteiger partial charge in [-0.1, -0.05) is 11.2 Å². The molecule has 2 N–H and O–H groups in total. The second kappa shape index (κ2) is 8.04. The predicted molar refractivity (Wildman–Crippen MR) is 82.3 cm³/mol. The molecular formula is C15H18N4O4. The Labute approximate surface area is 133 Å². The van der Waals surface area contributed by atoms with Crippen LogP contribution >= 0.6 is 0 Å². The molecule has 0 bridgehead atoms. The zero-order valence-corrected chi connectivity index (χ0v) is 13.0. The van der Waals surface area contributed by atoms with Crippen molar-refractivity contribution in [3.8, 4) is 0 Å². The Kier molecular flexibility index (Phi) is 5.81. The van der Waals surface area contributed by atoms with Crippen molar-refractivity contribution in [2.75, 3.05) is 25.6 Å². The van der Waals surface area contributed by atoms with Gasteiger partial charge >= 0.3 is 0 Å². The summed E-state index contributed by atoms with van der Waals surface area (Å²) in [5.74, 6) is 0.0709. The summed E-state index contributed by atoms with van der Waals surface area (Å²) in [5.41, 5.74) is 0.293. The number of methoxy groups -OCH3 is 1. The van der Waals surface area contributed by atoms with Gasteiger partial charge in [-0.2, -0.15) is 0 Å². The van der Waals surface area contributed by atoms with Gasteiger partial charge in [0, 0.05) is 26.3 Å². The third-order valence-corrected chi connectivity index (χ3v) is 2.89. The van der Waals surface area contributed by atoms with Crippen LogP contribution in [0.15, 0.2) is 28.8 Å². The molecule has 122 valence electrons. The van der Waals surface area contributed by atoms with Gasteiger partial charge in [-0.05, 0) is 25.5 Å². The van der Waals surface area contributed by atoms with Crippen LogP contribution in [-0.2, 0) is 4.74 Å². The van der Waals surface area contributed by atoms with Gasteiger partial charge in [0.2, 0.25) is 0 Å². The summed E-state index contributed by atoms with van der Waals surface area (Å²) >= 11 is 0. The Morgan fingerprint density at radius 2 is 2.00 bits per heavy atom. The molecule has 0 saturated carbocycles. The first-order valence-corrected chi connectivity index (χ1v) is 7.09. The number of pyridine rings is 1. The number of nitrogens with zero attached hydrogens (tertiary/aromatic N) is 2. The van der Waals surface area contributed by atoms with Gasteiger partial charge < -0.3 is 19.9 Å². The first-order valence-electron chi connectivity index (χ1n) is 7.09. The summed E-state index contributed by atoms with van der Waals surface area (Å²) in [6.07, 6.45) is 0.702. The van der Waals surface area contributed by atoms with Crippen LogP contribution in [0.5, 0.6) is 0 Å². The van der Waals surface area contributed by atoms with E-state index in [-0.39, 0.29) is 17.3 Å². The topological polar surface area (TPSA) is 106 Å². The number of anilines is 1. The Hall–Kier alpha value is -2.74. The van der Waals surface area contributed by atoms with Crippen molar-refractivity contribution in [2.45, 2.75) is 13.3 Å². The largest absolute Gasteiger partial charge is 0.385 e. The van der Waals surface area contributed by atoms with Crippen LogP contribution in [-0.4, -0.2) is 42.2 Å². The van der Waals surface area contributed by atoms with E-state index in [1.165, 1.54) is 6.07 Å². The van der Waals surface area contributed by atoms with E-state index in [1.54, 1.807) is 32.2 Å². The van der Waals surface area contributed by atoms with Gasteiger partial charge in [0.25, 0.3) is 11.8 Å². The SMILES string of the molecule is COCCCNC(=O)c1cccc(C(=O)Nc2cc(C)on2)n1. The normalized spacial score (nSPS) is 10.3. The van der Waals surface area contributed by atoms with Gasteiger partial charge in [-0.15, -0.1) is 0 Å². The second-order valence-electron chi connectivity index (χ2n) is 4.79. The molecule has 2 rings (SSSR count). The standard InChI is InChI=1S/C15H18N4O4/c1-10-9-13(19-23-10)18-15(21)12-6-3-5-11(17-12)14(20)16-7-4-8-22-2/h3,5-6,9H,4,7-8H2,1-2H3,(H,16,20)(H,18,19,21). The highest BCUT2D eigenvalue weighted by Gasteiger charge is 2.13. The minimum absolute atomic E-state index is 0.121. The van der Waals surface area contributed by atoms with E-state index in [4.69, 9.17) is 9.26 Å². The molecule has 2 aromatic rings. The Balaban J connectivity index is 1.98. The van der Waals surface area contributed by atoms with Crippen molar-refractivity contribution in [3.05, 3.63) is 41.4 Å². The molecule has 8 heteroatoms. The quantitative estimate of drug-likeness (QED) is 0.747. The van der Waals surface area contributed by atoms with Gasteiger partial charge in [0.05, 0.1) is 0 Å². The maximum atomic E-state index is 12.1. The second-order valence-corrected chi connectivity index (χ2v) is 4.79. The molecule has 0 aliphatic carbocycles. The minimum Gasteiger partial charge on any atom is -0.385 e. The van der Waals surface area contributed by atoms with Crippen molar-refractivity contribution >= 4 is 17.6 Å². The molecule has 8 nitrogen and oxygen atoms in total. The monoisotopic (exact) mass is 318 g/mol. The van der Waals surface area contributed by atoms with Crippen LogP contribution in [0.3, 0.4) is 0 Å². The number of nitrogens with one attached hydrogen (secondary N) is 2. The number of hydrogen-bond acceptors (Lipinski definition) is 6. The number of carbonyl (C=O) groups is 2. The Morgan fingerprint density at radius 3 is 2.65 bits per heavy atom. The lowest BCUT2D eigenvalue weighted by Crippen LogP contribution is -2.27. The molecule has 0 unspecified atom stereocenters. The van der Waals surface area contributed by atoms with Crippen molar-refractivity contribution < 1.29 is 18.8 Å². The summed E-state index contributed by atoms with van der Waals surface area (Å²) in [5, 5.41) is 8.93. The first kappa shape index (κ1) is 16.6. The summed E-state index contributed by atoms with van der Waals surface area (Å²) < 4.78 is 9.77. The van der Waals surface area contributed by atoms with Crippen molar-refractivity contribution in [1.29, 1.82) is 0 Å². The lowest BCUT2D eigenvalue weighted by atomic mass is 10.2. The average molecular weight is 318 g/mol. The molecule has 0 fully saturated rings. The van der Waals surface area contributed by atoms with Crippen molar-refractivity contribution in [1.82, 2.24) is 15.5 Å². The maximum Gasteiger partial charge on any atom is 0.275 e. The summed E-state index contributed by atoms with van der Waals surface area (Å²) in [6.45, 7) is 2.76. The summed E-state index contributed by atoms with van der Waals surface area (Å²) in [6, 6.07) is 6.25. The van der Waals surface area contributed by atoms with Gasteiger partial charge in [0.15, 0.2) is 5.82 Å². The van der Waals surface area contributed by atoms with E-state index in [1.807, 2.05) is 0 Å². The van der Waals surface area contributed by atoms with E-state index < -0.39 is 5.91 Å². The van der Waals surface area contributed by atoms with Gasteiger partial charge in [-0.25, -0.2) is 4.98 Å². The Morgan fingerprint density at radius 1 is 1.26 bits per heavy atom. The molecule has 0 saturated heterocycles. The molecule has 0 aliphatic heterocycles. The molecule has 2 amide bonds. The molecule has 0 radical (unpaired) electrons. The van der Waals surface area contributed by atoms with Crippen LogP contribution in [0.1, 0.15) is 33.2 Å². The molecule has 0 spiro atoms. The van der Waals surface area contributed by atoms with E-state index in [2.05, 4.69) is 20.8 Å². The molecular weight excluding hydrogens is 300 g/mol. The average Bonchev–Trinajstić information content (AvgIpc) is 2.96. The number of aryl methyl sites for hydroxylation is 1. The van der Waals surface area contributed by atoms with E-state index >= 15 is 0 Å². The van der Waals surface area contributed by atoms with Crippen LogP contribution in [0.25, 0.3) is 0 Å². The highest BCUT2D eigenvalue weighted by molar-refractivity contribution is 6.03.